The molecule has 0 saturated heterocycles. The predicted molar refractivity (Wildman–Crippen MR) is 83.0 cm³/mol. The number of rotatable bonds is 6. The highest BCUT2D eigenvalue weighted by atomic mass is 15.3. The number of nitrogens with zero attached hydrogens (tertiary/aromatic N) is 4. The molecule has 5 heteroatoms. The van der Waals surface area contributed by atoms with Crippen LogP contribution in [0.15, 0.2) is 18.5 Å². The second-order valence-corrected chi connectivity index (χ2v) is 6.36. The fraction of sp³-hybridized carbons (Fsp3) is 0.625. The molecule has 0 aromatic carbocycles. The standard InChI is InChI=1S/C16H25N5/c1-13(2)9-17-10-14-6-8-20(11-14)12-16-19-18-15-5-3-4-7-21(15)16/h6,8,11,13,17H,3-5,7,9-10,12H2,1-2H3. The summed E-state index contributed by atoms with van der Waals surface area (Å²) in [6, 6.07) is 2.18. The molecule has 2 aromatic rings. The second kappa shape index (κ2) is 6.43. The van der Waals surface area contributed by atoms with Crippen LogP contribution in [0.3, 0.4) is 0 Å². The molecular formula is C16H25N5. The summed E-state index contributed by atoms with van der Waals surface area (Å²) in [4.78, 5) is 0. The molecule has 3 rings (SSSR count). The van der Waals surface area contributed by atoms with E-state index < -0.39 is 0 Å². The highest BCUT2D eigenvalue weighted by Crippen LogP contribution is 2.15. The molecule has 0 fully saturated rings. The molecular weight excluding hydrogens is 262 g/mol. The van der Waals surface area contributed by atoms with Gasteiger partial charge in [0.1, 0.15) is 5.82 Å². The van der Waals surface area contributed by atoms with Crippen molar-refractivity contribution in [2.24, 2.45) is 5.92 Å². The molecule has 0 saturated carbocycles. The Morgan fingerprint density at radius 2 is 2.19 bits per heavy atom. The molecule has 3 heterocycles. The number of fused-ring (bicyclic) bond motifs is 1. The second-order valence-electron chi connectivity index (χ2n) is 6.36. The van der Waals surface area contributed by atoms with E-state index in [0.717, 1.165) is 44.2 Å². The van der Waals surface area contributed by atoms with Gasteiger partial charge in [-0.25, -0.2) is 0 Å². The van der Waals surface area contributed by atoms with Crippen LogP contribution in [0.25, 0.3) is 0 Å². The van der Waals surface area contributed by atoms with Crippen molar-refractivity contribution in [2.45, 2.75) is 52.7 Å². The lowest BCUT2D eigenvalue weighted by Crippen LogP contribution is -2.18. The highest BCUT2D eigenvalue weighted by Gasteiger charge is 2.15. The van der Waals surface area contributed by atoms with Gasteiger partial charge in [0.15, 0.2) is 5.82 Å². The van der Waals surface area contributed by atoms with E-state index in [2.05, 4.69) is 57.0 Å². The summed E-state index contributed by atoms with van der Waals surface area (Å²) in [5.41, 5.74) is 1.33. The lowest BCUT2D eigenvalue weighted by Gasteiger charge is -2.14. The summed E-state index contributed by atoms with van der Waals surface area (Å²) in [6.07, 6.45) is 7.90. The number of aromatic nitrogens is 4. The van der Waals surface area contributed by atoms with E-state index in [-0.39, 0.29) is 0 Å². The average Bonchev–Trinajstić information content (AvgIpc) is 3.07. The summed E-state index contributed by atoms with van der Waals surface area (Å²) in [5, 5.41) is 12.2. The molecule has 0 radical (unpaired) electrons. The van der Waals surface area contributed by atoms with Crippen molar-refractivity contribution in [3.63, 3.8) is 0 Å². The quantitative estimate of drug-likeness (QED) is 0.886. The van der Waals surface area contributed by atoms with Crippen molar-refractivity contribution < 1.29 is 0 Å². The normalized spacial score (nSPS) is 14.6. The summed E-state index contributed by atoms with van der Waals surface area (Å²) in [5.74, 6) is 2.93. The first-order valence-electron chi connectivity index (χ1n) is 7.98. The Morgan fingerprint density at radius 1 is 1.29 bits per heavy atom. The largest absolute Gasteiger partial charge is 0.346 e. The van der Waals surface area contributed by atoms with Gasteiger partial charge in [-0.15, -0.1) is 10.2 Å². The van der Waals surface area contributed by atoms with E-state index in [0.29, 0.717) is 5.92 Å². The maximum Gasteiger partial charge on any atom is 0.152 e. The average molecular weight is 287 g/mol. The maximum absolute atomic E-state index is 4.36. The van der Waals surface area contributed by atoms with Crippen LogP contribution in [0.1, 0.15) is 43.9 Å². The summed E-state index contributed by atoms with van der Waals surface area (Å²) in [7, 11) is 0. The lowest BCUT2D eigenvalue weighted by atomic mass is 10.2. The Bertz CT molecular complexity index is 581. The Labute approximate surface area is 126 Å². The molecule has 21 heavy (non-hydrogen) atoms. The van der Waals surface area contributed by atoms with E-state index in [1.807, 2.05) is 0 Å². The van der Waals surface area contributed by atoms with Gasteiger partial charge in [-0.1, -0.05) is 13.8 Å². The van der Waals surface area contributed by atoms with E-state index >= 15 is 0 Å². The number of hydrogen-bond donors (Lipinski definition) is 1. The van der Waals surface area contributed by atoms with Crippen LogP contribution in [-0.4, -0.2) is 25.9 Å². The van der Waals surface area contributed by atoms with Crippen LogP contribution < -0.4 is 5.32 Å². The fourth-order valence-electron chi connectivity index (χ4n) is 2.85. The first-order valence-corrected chi connectivity index (χ1v) is 7.98. The minimum absolute atomic E-state index is 0.689. The molecule has 0 atom stereocenters. The topological polar surface area (TPSA) is 47.7 Å². The van der Waals surface area contributed by atoms with Crippen molar-refractivity contribution in [1.29, 1.82) is 0 Å². The molecule has 1 aliphatic rings. The van der Waals surface area contributed by atoms with Gasteiger partial charge in [0, 0.05) is 31.9 Å². The summed E-state index contributed by atoms with van der Waals surface area (Å²) >= 11 is 0. The minimum Gasteiger partial charge on any atom is -0.346 e. The Morgan fingerprint density at radius 3 is 3.05 bits per heavy atom. The number of nitrogens with one attached hydrogen (secondary N) is 1. The van der Waals surface area contributed by atoms with E-state index in [1.165, 1.54) is 18.4 Å². The van der Waals surface area contributed by atoms with E-state index in [9.17, 15) is 0 Å². The van der Waals surface area contributed by atoms with Crippen LogP contribution in [-0.2, 0) is 26.1 Å². The van der Waals surface area contributed by atoms with Gasteiger partial charge >= 0.3 is 0 Å². The molecule has 2 aromatic heterocycles. The van der Waals surface area contributed by atoms with E-state index in [1.54, 1.807) is 0 Å². The zero-order valence-electron chi connectivity index (χ0n) is 13.0. The van der Waals surface area contributed by atoms with Crippen LogP contribution >= 0.6 is 0 Å². The zero-order valence-corrected chi connectivity index (χ0v) is 13.0. The van der Waals surface area contributed by atoms with Crippen molar-refractivity contribution in [2.75, 3.05) is 6.54 Å². The van der Waals surface area contributed by atoms with Crippen molar-refractivity contribution >= 4 is 0 Å². The molecule has 0 aliphatic carbocycles. The first kappa shape index (κ1) is 14.3. The van der Waals surface area contributed by atoms with Gasteiger partial charge in [-0.2, -0.15) is 0 Å². The fourth-order valence-corrected chi connectivity index (χ4v) is 2.85. The van der Waals surface area contributed by atoms with Crippen LogP contribution in [0.2, 0.25) is 0 Å². The Kier molecular flexibility index (Phi) is 4.39. The van der Waals surface area contributed by atoms with Crippen LogP contribution in [0.4, 0.5) is 0 Å². The highest BCUT2D eigenvalue weighted by molar-refractivity contribution is 5.11. The minimum atomic E-state index is 0.689. The molecule has 0 spiro atoms. The van der Waals surface area contributed by atoms with Crippen molar-refractivity contribution in [1.82, 2.24) is 24.6 Å². The smallest absolute Gasteiger partial charge is 0.152 e. The third-order valence-electron chi connectivity index (χ3n) is 3.95. The van der Waals surface area contributed by atoms with Gasteiger partial charge in [-0.3, -0.25) is 0 Å². The monoisotopic (exact) mass is 287 g/mol. The third-order valence-corrected chi connectivity index (χ3v) is 3.95. The summed E-state index contributed by atoms with van der Waals surface area (Å²) < 4.78 is 4.50. The van der Waals surface area contributed by atoms with E-state index in [4.69, 9.17) is 0 Å². The van der Waals surface area contributed by atoms with Gasteiger partial charge < -0.3 is 14.5 Å². The SMILES string of the molecule is CC(C)CNCc1ccn(Cc2nnc3n2CCCC3)c1. The number of aryl methyl sites for hydroxylation is 1. The van der Waals surface area contributed by atoms with Crippen molar-refractivity contribution in [3.8, 4) is 0 Å². The lowest BCUT2D eigenvalue weighted by molar-refractivity contribution is 0.501. The molecule has 1 aliphatic heterocycles. The van der Waals surface area contributed by atoms with Gasteiger partial charge in [0.05, 0.1) is 6.54 Å². The van der Waals surface area contributed by atoms with Gasteiger partial charge in [-0.05, 0) is 36.9 Å². The maximum atomic E-state index is 4.36. The van der Waals surface area contributed by atoms with Crippen molar-refractivity contribution in [3.05, 3.63) is 35.7 Å². The Hall–Kier alpha value is -1.62. The first-order chi connectivity index (χ1) is 10.2. The Balaban J connectivity index is 1.60. The molecule has 0 bridgehead atoms. The molecule has 114 valence electrons. The third kappa shape index (κ3) is 3.53. The van der Waals surface area contributed by atoms with Gasteiger partial charge in [0.2, 0.25) is 0 Å². The predicted octanol–water partition coefficient (Wildman–Crippen LogP) is 2.21. The summed E-state index contributed by atoms with van der Waals surface area (Å²) in [6.45, 7) is 8.34. The molecule has 0 amide bonds. The number of hydrogen-bond acceptors (Lipinski definition) is 3. The molecule has 1 N–H and O–H groups in total. The van der Waals surface area contributed by atoms with Crippen LogP contribution in [0, 0.1) is 5.92 Å². The van der Waals surface area contributed by atoms with Crippen LogP contribution in [0.5, 0.6) is 0 Å². The molecule has 0 unspecified atom stereocenters. The van der Waals surface area contributed by atoms with Gasteiger partial charge in [0.25, 0.3) is 0 Å². The molecule has 5 nitrogen and oxygen atoms in total. The zero-order chi connectivity index (χ0) is 14.7.